The van der Waals surface area contributed by atoms with Crippen molar-refractivity contribution in [2.75, 3.05) is 4.90 Å². The van der Waals surface area contributed by atoms with E-state index in [-0.39, 0.29) is 0 Å². The van der Waals surface area contributed by atoms with Gasteiger partial charge in [-0.25, -0.2) is 4.98 Å². The lowest BCUT2D eigenvalue weighted by atomic mass is 10.1. The summed E-state index contributed by atoms with van der Waals surface area (Å²) in [6, 6.07) is 13.2. The number of benzene rings is 1. The molecule has 0 N–H and O–H groups in total. The first kappa shape index (κ1) is 13.4. The van der Waals surface area contributed by atoms with Crippen molar-refractivity contribution in [2.24, 2.45) is 0 Å². The summed E-state index contributed by atoms with van der Waals surface area (Å²) in [7, 11) is 0. The van der Waals surface area contributed by atoms with Gasteiger partial charge < -0.3 is 4.90 Å². The SMILES string of the molecule is CCc1cc(CCl)cc(N2c3ccccc3CC2C)n1. The zero-order valence-corrected chi connectivity index (χ0v) is 12.7. The first-order valence-corrected chi connectivity index (χ1v) is 7.69. The number of halogens is 1. The number of anilines is 2. The second kappa shape index (κ2) is 5.45. The lowest BCUT2D eigenvalue weighted by Gasteiger charge is -2.25. The maximum atomic E-state index is 6.02. The van der Waals surface area contributed by atoms with Gasteiger partial charge in [-0.05, 0) is 49.1 Å². The predicted octanol–water partition coefficient (Wildman–Crippen LogP) is 4.47. The molecule has 0 fully saturated rings. The number of rotatable bonds is 3. The zero-order chi connectivity index (χ0) is 14.1. The van der Waals surface area contributed by atoms with Gasteiger partial charge in [0.15, 0.2) is 0 Å². The molecule has 0 amide bonds. The summed E-state index contributed by atoms with van der Waals surface area (Å²) in [5.74, 6) is 1.56. The van der Waals surface area contributed by atoms with Crippen LogP contribution in [0.5, 0.6) is 0 Å². The molecule has 0 bridgehead atoms. The van der Waals surface area contributed by atoms with E-state index < -0.39 is 0 Å². The van der Waals surface area contributed by atoms with Crippen LogP contribution in [0.3, 0.4) is 0 Å². The van der Waals surface area contributed by atoms with Crippen molar-refractivity contribution in [3.05, 3.63) is 53.2 Å². The van der Waals surface area contributed by atoms with Crippen LogP contribution in [0, 0.1) is 0 Å². The first-order chi connectivity index (χ1) is 9.72. The summed E-state index contributed by atoms with van der Waals surface area (Å²) in [4.78, 5) is 7.14. The third-order valence-electron chi connectivity index (χ3n) is 3.90. The number of nitrogens with zero attached hydrogens (tertiary/aromatic N) is 2. The number of aryl methyl sites for hydroxylation is 1. The van der Waals surface area contributed by atoms with Gasteiger partial charge in [-0.15, -0.1) is 11.6 Å². The predicted molar refractivity (Wildman–Crippen MR) is 84.9 cm³/mol. The molecule has 1 aromatic heterocycles. The zero-order valence-electron chi connectivity index (χ0n) is 11.9. The second-order valence-electron chi connectivity index (χ2n) is 5.36. The summed E-state index contributed by atoms with van der Waals surface area (Å²) < 4.78 is 0. The minimum absolute atomic E-state index is 0.440. The Labute approximate surface area is 125 Å². The molecule has 1 unspecified atom stereocenters. The number of aromatic nitrogens is 1. The number of hydrogen-bond acceptors (Lipinski definition) is 2. The van der Waals surface area contributed by atoms with Crippen molar-refractivity contribution < 1.29 is 0 Å². The van der Waals surface area contributed by atoms with Crippen LogP contribution in [0.2, 0.25) is 0 Å². The van der Waals surface area contributed by atoms with Crippen LogP contribution in [-0.4, -0.2) is 11.0 Å². The van der Waals surface area contributed by atoms with Crippen LogP contribution in [0.15, 0.2) is 36.4 Å². The normalized spacial score (nSPS) is 17.4. The van der Waals surface area contributed by atoms with E-state index in [1.807, 2.05) is 0 Å². The van der Waals surface area contributed by atoms with Crippen molar-refractivity contribution in [1.29, 1.82) is 0 Å². The summed E-state index contributed by atoms with van der Waals surface area (Å²) in [6.45, 7) is 4.38. The molecule has 2 aromatic rings. The quantitative estimate of drug-likeness (QED) is 0.774. The molecule has 2 nitrogen and oxygen atoms in total. The van der Waals surface area contributed by atoms with Crippen molar-refractivity contribution in [3.8, 4) is 0 Å². The summed E-state index contributed by atoms with van der Waals surface area (Å²) in [5.41, 5.74) is 4.93. The molecule has 20 heavy (non-hydrogen) atoms. The molecule has 0 spiro atoms. The Balaban J connectivity index is 2.08. The van der Waals surface area contributed by atoms with Gasteiger partial charge in [-0.3, -0.25) is 0 Å². The molecule has 1 atom stereocenters. The van der Waals surface area contributed by atoms with Crippen LogP contribution < -0.4 is 4.90 Å². The summed E-state index contributed by atoms with van der Waals surface area (Å²) >= 11 is 6.02. The van der Waals surface area contributed by atoms with Crippen molar-refractivity contribution in [1.82, 2.24) is 4.98 Å². The average molecular weight is 287 g/mol. The van der Waals surface area contributed by atoms with E-state index in [9.17, 15) is 0 Å². The van der Waals surface area contributed by atoms with Gasteiger partial charge in [-0.2, -0.15) is 0 Å². The number of fused-ring (bicyclic) bond motifs is 1. The van der Waals surface area contributed by atoms with Crippen molar-refractivity contribution in [2.45, 2.75) is 38.6 Å². The molecule has 0 aliphatic carbocycles. The highest BCUT2D eigenvalue weighted by atomic mass is 35.5. The largest absolute Gasteiger partial charge is 0.323 e. The Morgan fingerprint density at radius 1 is 1.30 bits per heavy atom. The molecule has 0 radical (unpaired) electrons. The van der Waals surface area contributed by atoms with E-state index in [1.54, 1.807) is 0 Å². The third kappa shape index (κ3) is 2.29. The highest BCUT2D eigenvalue weighted by molar-refractivity contribution is 6.17. The fourth-order valence-electron chi connectivity index (χ4n) is 2.93. The van der Waals surface area contributed by atoms with Crippen LogP contribution >= 0.6 is 11.6 Å². The van der Waals surface area contributed by atoms with Gasteiger partial charge in [0, 0.05) is 23.3 Å². The average Bonchev–Trinajstić information content (AvgIpc) is 2.82. The van der Waals surface area contributed by atoms with Gasteiger partial charge in [0.1, 0.15) is 5.82 Å². The molecule has 2 heterocycles. The van der Waals surface area contributed by atoms with E-state index in [2.05, 4.69) is 55.1 Å². The van der Waals surface area contributed by atoms with Crippen LogP contribution in [-0.2, 0) is 18.7 Å². The van der Waals surface area contributed by atoms with E-state index in [4.69, 9.17) is 16.6 Å². The maximum absolute atomic E-state index is 6.02. The molecule has 0 saturated carbocycles. The Kier molecular flexibility index (Phi) is 3.66. The van der Waals surface area contributed by atoms with E-state index >= 15 is 0 Å². The van der Waals surface area contributed by atoms with E-state index in [0.717, 1.165) is 29.9 Å². The molecule has 1 aromatic carbocycles. The van der Waals surface area contributed by atoms with E-state index in [1.165, 1.54) is 11.3 Å². The number of pyridine rings is 1. The molecular formula is C17H19ClN2. The van der Waals surface area contributed by atoms with Gasteiger partial charge in [0.2, 0.25) is 0 Å². The summed E-state index contributed by atoms with van der Waals surface area (Å²) in [5, 5.41) is 0. The fourth-order valence-corrected chi connectivity index (χ4v) is 3.08. The van der Waals surface area contributed by atoms with Crippen LogP contribution in [0.4, 0.5) is 11.5 Å². The number of alkyl halides is 1. The van der Waals surface area contributed by atoms with Crippen LogP contribution in [0.1, 0.15) is 30.7 Å². The van der Waals surface area contributed by atoms with Gasteiger partial charge >= 0.3 is 0 Å². The topological polar surface area (TPSA) is 16.1 Å². The Bertz CT molecular complexity index is 602. The second-order valence-corrected chi connectivity index (χ2v) is 5.63. The molecule has 3 rings (SSSR count). The summed E-state index contributed by atoms with van der Waals surface area (Å²) in [6.07, 6.45) is 2.01. The van der Waals surface area contributed by atoms with Crippen molar-refractivity contribution >= 4 is 23.1 Å². The fraction of sp³-hybridized carbons (Fsp3) is 0.353. The van der Waals surface area contributed by atoms with Gasteiger partial charge in [0.05, 0.1) is 0 Å². The minimum atomic E-state index is 0.440. The first-order valence-electron chi connectivity index (χ1n) is 7.16. The lowest BCUT2D eigenvalue weighted by Crippen LogP contribution is -2.25. The Morgan fingerprint density at radius 2 is 2.10 bits per heavy atom. The third-order valence-corrected chi connectivity index (χ3v) is 4.20. The molecule has 1 aliphatic heterocycles. The molecule has 0 saturated heterocycles. The smallest absolute Gasteiger partial charge is 0.133 e. The highest BCUT2D eigenvalue weighted by Crippen LogP contribution is 2.37. The maximum Gasteiger partial charge on any atom is 0.133 e. The standard InChI is InChI=1S/C17H19ClN2/c1-3-15-9-13(11-18)10-17(19-15)20-12(2)8-14-6-4-5-7-16(14)20/h4-7,9-10,12H,3,8,11H2,1-2H3. The minimum Gasteiger partial charge on any atom is -0.323 e. The molecule has 3 heteroatoms. The number of para-hydroxylation sites is 1. The van der Waals surface area contributed by atoms with Crippen molar-refractivity contribution in [3.63, 3.8) is 0 Å². The number of hydrogen-bond donors (Lipinski definition) is 0. The molecular weight excluding hydrogens is 268 g/mol. The monoisotopic (exact) mass is 286 g/mol. The molecule has 104 valence electrons. The van der Waals surface area contributed by atoms with Gasteiger partial charge in [0.25, 0.3) is 0 Å². The van der Waals surface area contributed by atoms with Crippen LogP contribution in [0.25, 0.3) is 0 Å². The lowest BCUT2D eigenvalue weighted by molar-refractivity contribution is 0.747. The van der Waals surface area contributed by atoms with E-state index in [0.29, 0.717) is 11.9 Å². The Hall–Kier alpha value is -1.54. The van der Waals surface area contributed by atoms with Gasteiger partial charge in [-0.1, -0.05) is 25.1 Å². The Morgan fingerprint density at radius 3 is 2.85 bits per heavy atom. The highest BCUT2D eigenvalue weighted by Gasteiger charge is 2.27. The molecule has 1 aliphatic rings.